The lowest BCUT2D eigenvalue weighted by Crippen LogP contribution is -2.33. The van der Waals surface area contributed by atoms with Crippen molar-refractivity contribution in [3.63, 3.8) is 0 Å². The highest BCUT2D eigenvalue weighted by atomic mass is 35.5. The molecule has 2 rings (SSSR count). The quantitative estimate of drug-likeness (QED) is 0.592. The van der Waals surface area contributed by atoms with Gasteiger partial charge in [-0.25, -0.2) is 8.42 Å². The number of rotatable bonds is 10. The minimum Gasteiger partial charge on any atom is -0.497 e. The fourth-order valence-electron chi connectivity index (χ4n) is 2.91. The second-order valence-corrected chi connectivity index (χ2v) is 8.87. The van der Waals surface area contributed by atoms with Gasteiger partial charge in [-0.15, -0.1) is 0 Å². The molecule has 2 aromatic rings. The largest absolute Gasteiger partial charge is 0.497 e. The summed E-state index contributed by atoms with van der Waals surface area (Å²) >= 11 is 6.01. The van der Waals surface area contributed by atoms with Crippen molar-refractivity contribution in [2.24, 2.45) is 0 Å². The third-order valence-electron chi connectivity index (χ3n) is 4.58. The van der Waals surface area contributed by atoms with Gasteiger partial charge in [-0.05, 0) is 42.8 Å². The summed E-state index contributed by atoms with van der Waals surface area (Å²) in [7, 11) is -2.21. The highest BCUT2D eigenvalue weighted by Crippen LogP contribution is 2.30. The highest BCUT2D eigenvalue weighted by molar-refractivity contribution is 7.89. The topological polar surface area (TPSA) is 84.9 Å². The average Bonchev–Trinajstić information content (AvgIpc) is 2.73. The molecule has 1 amide bonds. The van der Waals surface area contributed by atoms with Crippen LogP contribution in [0.25, 0.3) is 0 Å². The number of nitrogens with one attached hydrogen (secondary N) is 1. The highest BCUT2D eigenvalue weighted by Gasteiger charge is 2.26. The van der Waals surface area contributed by atoms with Crippen LogP contribution >= 0.6 is 11.6 Å². The molecule has 30 heavy (non-hydrogen) atoms. The molecule has 0 bridgehead atoms. The van der Waals surface area contributed by atoms with Crippen LogP contribution in [0.15, 0.2) is 47.4 Å². The lowest BCUT2D eigenvalue weighted by Gasteiger charge is -2.21. The minimum absolute atomic E-state index is 0.0605. The smallest absolute Gasteiger partial charge is 0.258 e. The van der Waals surface area contributed by atoms with E-state index < -0.39 is 10.0 Å². The number of ether oxygens (including phenoxy) is 2. The van der Waals surface area contributed by atoms with Gasteiger partial charge in [-0.2, -0.15) is 4.31 Å². The monoisotopic (exact) mass is 454 g/mol. The van der Waals surface area contributed by atoms with Crippen molar-refractivity contribution < 1.29 is 22.7 Å². The molecule has 0 aromatic heterocycles. The van der Waals surface area contributed by atoms with Gasteiger partial charge < -0.3 is 14.8 Å². The SMILES string of the molecule is CCN(CC)S(=O)(=O)c1cc(Cl)ccc1OCC(=O)N[C@H](C)c1ccc(OC)cc1. The molecule has 2 aromatic carbocycles. The molecule has 1 atom stereocenters. The fourth-order valence-corrected chi connectivity index (χ4v) is 4.76. The van der Waals surface area contributed by atoms with E-state index in [1.165, 1.54) is 22.5 Å². The fraction of sp³-hybridized carbons (Fsp3) is 0.381. The number of nitrogens with zero attached hydrogens (tertiary/aromatic N) is 1. The first-order valence-corrected chi connectivity index (χ1v) is 11.4. The molecule has 0 radical (unpaired) electrons. The lowest BCUT2D eigenvalue weighted by molar-refractivity contribution is -0.123. The summed E-state index contributed by atoms with van der Waals surface area (Å²) in [6.07, 6.45) is 0. The Balaban J connectivity index is 2.10. The Morgan fingerprint density at radius 2 is 1.77 bits per heavy atom. The standard InChI is InChI=1S/C21H27ClN2O5S/c1-5-24(6-2)30(26,27)20-13-17(22)9-12-19(20)29-14-21(25)23-15(3)16-7-10-18(28-4)11-8-16/h7-13,15H,5-6,14H2,1-4H3,(H,23,25)/t15-/m1/s1. The average molecular weight is 455 g/mol. The molecule has 0 heterocycles. The van der Waals surface area contributed by atoms with E-state index in [4.69, 9.17) is 21.1 Å². The van der Waals surface area contributed by atoms with E-state index >= 15 is 0 Å². The van der Waals surface area contributed by atoms with Gasteiger partial charge in [0.05, 0.1) is 13.2 Å². The molecule has 0 saturated heterocycles. The molecule has 1 N–H and O–H groups in total. The number of hydrogen-bond donors (Lipinski definition) is 1. The van der Waals surface area contributed by atoms with Gasteiger partial charge in [0.25, 0.3) is 5.91 Å². The van der Waals surface area contributed by atoms with Gasteiger partial charge in [-0.1, -0.05) is 37.6 Å². The summed E-state index contributed by atoms with van der Waals surface area (Å²) in [4.78, 5) is 12.3. The van der Waals surface area contributed by atoms with Crippen LogP contribution in [-0.2, 0) is 14.8 Å². The normalized spacial score (nSPS) is 12.5. The zero-order valence-corrected chi connectivity index (χ0v) is 19.1. The van der Waals surface area contributed by atoms with Crippen molar-refractivity contribution in [3.05, 3.63) is 53.1 Å². The molecule has 0 aliphatic carbocycles. The molecular formula is C21H27ClN2O5S. The predicted octanol–water partition coefficient (Wildman–Crippen LogP) is 3.64. The van der Waals surface area contributed by atoms with Crippen molar-refractivity contribution >= 4 is 27.5 Å². The molecule has 0 unspecified atom stereocenters. The van der Waals surface area contributed by atoms with Gasteiger partial charge in [0, 0.05) is 18.1 Å². The Bertz CT molecular complexity index is 960. The van der Waals surface area contributed by atoms with Gasteiger partial charge in [0.1, 0.15) is 16.4 Å². The van der Waals surface area contributed by atoms with E-state index in [2.05, 4.69) is 5.32 Å². The summed E-state index contributed by atoms with van der Waals surface area (Å²) in [5.74, 6) is 0.434. The number of carbonyl (C=O) groups excluding carboxylic acids is 1. The van der Waals surface area contributed by atoms with Crippen LogP contribution in [0.4, 0.5) is 0 Å². The first-order valence-electron chi connectivity index (χ1n) is 9.58. The third kappa shape index (κ3) is 5.87. The molecule has 0 fully saturated rings. The van der Waals surface area contributed by atoms with Crippen molar-refractivity contribution in [2.75, 3.05) is 26.8 Å². The zero-order chi connectivity index (χ0) is 22.3. The van der Waals surface area contributed by atoms with E-state index in [1.54, 1.807) is 21.0 Å². The van der Waals surface area contributed by atoms with E-state index in [0.717, 1.165) is 11.3 Å². The Labute approximate surface area is 183 Å². The maximum atomic E-state index is 12.9. The molecule has 7 nitrogen and oxygen atoms in total. The number of hydrogen-bond acceptors (Lipinski definition) is 5. The maximum absolute atomic E-state index is 12.9. The van der Waals surface area contributed by atoms with Crippen LogP contribution in [-0.4, -0.2) is 45.4 Å². The van der Waals surface area contributed by atoms with Crippen molar-refractivity contribution in [3.8, 4) is 11.5 Å². The van der Waals surface area contributed by atoms with Crippen LogP contribution < -0.4 is 14.8 Å². The summed E-state index contributed by atoms with van der Waals surface area (Å²) in [5, 5.41) is 3.10. The number of carbonyl (C=O) groups is 1. The molecule has 9 heteroatoms. The van der Waals surface area contributed by atoms with Crippen LogP contribution in [0, 0.1) is 0 Å². The Morgan fingerprint density at radius 1 is 1.13 bits per heavy atom. The Hall–Kier alpha value is -2.29. The molecule has 0 spiro atoms. The number of amides is 1. The number of benzene rings is 2. The summed E-state index contributed by atoms with van der Waals surface area (Å²) < 4.78 is 37.8. The van der Waals surface area contributed by atoms with E-state index in [9.17, 15) is 13.2 Å². The second-order valence-electron chi connectivity index (χ2n) is 6.53. The second kappa shape index (κ2) is 10.7. The summed E-state index contributed by atoms with van der Waals surface area (Å²) in [5.41, 5.74) is 0.903. The zero-order valence-electron chi connectivity index (χ0n) is 17.5. The lowest BCUT2D eigenvalue weighted by atomic mass is 10.1. The van der Waals surface area contributed by atoms with Crippen LogP contribution in [0.1, 0.15) is 32.4 Å². The maximum Gasteiger partial charge on any atom is 0.258 e. The predicted molar refractivity (Wildman–Crippen MR) is 117 cm³/mol. The summed E-state index contributed by atoms with van der Waals surface area (Å²) in [6.45, 7) is 5.64. The van der Waals surface area contributed by atoms with Crippen LogP contribution in [0.5, 0.6) is 11.5 Å². The number of sulfonamides is 1. The molecule has 0 saturated carbocycles. The molecule has 0 aliphatic rings. The number of methoxy groups -OCH3 is 1. The molecule has 0 aliphatic heterocycles. The van der Waals surface area contributed by atoms with Gasteiger partial charge in [0.15, 0.2) is 6.61 Å². The van der Waals surface area contributed by atoms with Crippen molar-refractivity contribution in [1.82, 2.24) is 9.62 Å². The molecular weight excluding hydrogens is 428 g/mol. The Morgan fingerprint density at radius 3 is 2.33 bits per heavy atom. The number of halogens is 1. The third-order valence-corrected chi connectivity index (χ3v) is 6.89. The van der Waals surface area contributed by atoms with E-state index in [0.29, 0.717) is 13.1 Å². The van der Waals surface area contributed by atoms with E-state index in [1.807, 2.05) is 31.2 Å². The first kappa shape index (κ1) is 24.0. The van der Waals surface area contributed by atoms with E-state index in [-0.39, 0.29) is 34.2 Å². The van der Waals surface area contributed by atoms with Crippen molar-refractivity contribution in [2.45, 2.75) is 31.7 Å². The Kier molecular flexibility index (Phi) is 8.52. The van der Waals surface area contributed by atoms with Gasteiger partial charge >= 0.3 is 0 Å². The van der Waals surface area contributed by atoms with Gasteiger partial charge in [0.2, 0.25) is 10.0 Å². The van der Waals surface area contributed by atoms with Crippen LogP contribution in [0.2, 0.25) is 5.02 Å². The molecule has 164 valence electrons. The first-order chi connectivity index (χ1) is 14.2. The van der Waals surface area contributed by atoms with Crippen molar-refractivity contribution in [1.29, 1.82) is 0 Å². The minimum atomic E-state index is -3.79. The van der Waals surface area contributed by atoms with Crippen LogP contribution in [0.3, 0.4) is 0 Å². The summed E-state index contributed by atoms with van der Waals surface area (Å²) in [6, 6.07) is 11.4. The van der Waals surface area contributed by atoms with Gasteiger partial charge in [-0.3, -0.25) is 4.79 Å².